The summed E-state index contributed by atoms with van der Waals surface area (Å²) in [6, 6.07) is 0.602. The third kappa shape index (κ3) is 2.61. The van der Waals surface area contributed by atoms with E-state index in [9.17, 15) is 0 Å². The third-order valence-corrected chi connectivity index (χ3v) is 4.55. The molecule has 1 aliphatic heterocycles. The molecule has 2 aromatic heterocycles. The van der Waals surface area contributed by atoms with Crippen molar-refractivity contribution in [1.82, 2.24) is 19.6 Å². The van der Waals surface area contributed by atoms with E-state index in [4.69, 9.17) is 4.74 Å². The minimum atomic E-state index is 0.602. The Morgan fingerprint density at radius 3 is 3.00 bits per heavy atom. The molecule has 3 rings (SSSR count). The summed E-state index contributed by atoms with van der Waals surface area (Å²) >= 11 is 1.64. The smallest absolute Gasteiger partial charge is 0.237 e. The Labute approximate surface area is 117 Å². The van der Waals surface area contributed by atoms with Gasteiger partial charge >= 0.3 is 0 Å². The number of nitrogens with one attached hydrogen (secondary N) is 1. The van der Waals surface area contributed by atoms with E-state index in [1.54, 1.807) is 18.4 Å². The van der Waals surface area contributed by atoms with Gasteiger partial charge in [-0.2, -0.15) is 4.98 Å². The van der Waals surface area contributed by atoms with Crippen LogP contribution in [-0.4, -0.2) is 47.6 Å². The lowest BCUT2D eigenvalue weighted by atomic mass is 10.1. The molecule has 0 saturated carbocycles. The number of piperidine rings is 1. The van der Waals surface area contributed by atoms with Crippen LogP contribution < -0.4 is 10.1 Å². The summed E-state index contributed by atoms with van der Waals surface area (Å²) in [6.07, 6.45) is 4.48. The summed E-state index contributed by atoms with van der Waals surface area (Å²) in [4.78, 5) is 7.86. The number of hydrogen-bond acceptors (Lipinski definition) is 5. The normalized spacial score (nSPS) is 18.2. The van der Waals surface area contributed by atoms with Crippen LogP contribution in [0.3, 0.4) is 0 Å². The molecular weight excluding hydrogens is 260 g/mol. The minimum absolute atomic E-state index is 0.602. The Balaban J connectivity index is 1.69. The summed E-state index contributed by atoms with van der Waals surface area (Å²) in [6.45, 7) is 3.17. The van der Waals surface area contributed by atoms with E-state index >= 15 is 0 Å². The zero-order valence-corrected chi connectivity index (χ0v) is 12.2. The molecule has 0 spiro atoms. The Hall–Kier alpha value is -1.11. The molecule has 1 saturated heterocycles. The van der Waals surface area contributed by atoms with Gasteiger partial charge in [-0.1, -0.05) is 0 Å². The van der Waals surface area contributed by atoms with E-state index in [0.29, 0.717) is 6.04 Å². The Kier molecular flexibility index (Phi) is 3.72. The molecule has 1 aliphatic rings. The van der Waals surface area contributed by atoms with Gasteiger partial charge in [-0.15, -0.1) is 11.3 Å². The molecular formula is C13H20N4OS. The summed E-state index contributed by atoms with van der Waals surface area (Å²) in [7, 11) is 3.87. The molecule has 0 unspecified atom stereocenters. The molecule has 0 aromatic carbocycles. The highest BCUT2D eigenvalue weighted by Gasteiger charge is 2.18. The lowest BCUT2D eigenvalue weighted by Gasteiger charge is -2.29. The maximum atomic E-state index is 5.37. The van der Waals surface area contributed by atoms with Crippen LogP contribution in [0.5, 0.6) is 5.88 Å². The van der Waals surface area contributed by atoms with Crippen LogP contribution in [0.15, 0.2) is 11.6 Å². The van der Waals surface area contributed by atoms with Crippen LogP contribution in [0.4, 0.5) is 0 Å². The van der Waals surface area contributed by atoms with Crippen molar-refractivity contribution < 1.29 is 4.74 Å². The van der Waals surface area contributed by atoms with Crippen molar-refractivity contribution in [1.29, 1.82) is 0 Å². The molecule has 19 heavy (non-hydrogen) atoms. The zero-order valence-electron chi connectivity index (χ0n) is 11.4. The molecule has 3 heterocycles. The fourth-order valence-electron chi connectivity index (χ4n) is 2.59. The Morgan fingerprint density at radius 2 is 2.26 bits per heavy atom. The highest BCUT2D eigenvalue weighted by molar-refractivity contribution is 7.15. The van der Waals surface area contributed by atoms with Crippen molar-refractivity contribution in [3.05, 3.63) is 17.3 Å². The van der Waals surface area contributed by atoms with Gasteiger partial charge in [0, 0.05) is 24.2 Å². The largest absolute Gasteiger partial charge is 0.480 e. The Morgan fingerprint density at radius 1 is 1.47 bits per heavy atom. The topological polar surface area (TPSA) is 41.8 Å². The highest BCUT2D eigenvalue weighted by atomic mass is 32.1. The second kappa shape index (κ2) is 5.48. The van der Waals surface area contributed by atoms with Gasteiger partial charge in [-0.25, -0.2) is 0 Å². The number of fused-ring (bicyclic) bond motifs is 1. The van der Waals surface area contributed by atoms with Crippen LogP contribution in [0.25, 0.3) is 4.96 Å². The first-order valence-electron chi connectivity index (χ1n) is 6.68. The number of nitrogens with zero attached hydrogens (tertiary/aromatic N) is 3. The van der Waals surface area contributed by atoms with Gasteiger partial charge in [0.2, 0.25) is 5.88 Å². The van der Waals surface area contributed by atoms with E-state index in [1.807, 2.05) is 0 Å². The molecule has 0 aliphatic carbocycles. The molecule has 1 fully saturated rings. The van der Waals surface area contributed by atoms with Crippen LogP contribution in [0.1, 0.15) is 18.5 Å². The van der Waals surface area contributed by atoms with E-state index in [2.05, 4.69) is 38.2 Å². The first-order valence-corrected chi connectivity index (χ1v) is 7.56. The summed E-state index contributed by atoms with van der Waals surface area (Å²) in [5.41, 5.74) is 1.12. The number of hydrogen-bond donors (Lipinski definition) is 1. The summed E-state index contributed by atoms with van der Waals surface area (Å²) < 4.78 is 7.49. The van der Waals surface area contributed by atoms with Crippen LogP contribution >= 0.6 is 11.3 Å². The lowest BCUT2D eigenvalue weighted by Crippen LogP contribution is -2.40. The van der Waals surface area contributed by atoms with Crippen molar-refractivity contribution in [2.75, 3.05) is 27.2 Å². The van der Waals surface area contributed by atoms with Gasteiger partial charge in [-0.3, -0.25) is 4.40 Å². The molecule has 0 atom stereocenters. The fourth-order valence-corrected chi connectivity index (χ4v) is 3.32. The fraction of sp³-hybridized carbons (Fsp3) is 0.615. The van der Waals surface area contributed by atoms with Crippen molar-refractivity contribution in [3.8, 4) is 5.88 Å². The number of methoxy groups -OCH3 is 1. The maximum Gasteiger partial charge on any atom is 0.237 e. The first kappa shape index (κ1) is 12.9. The average molecular weight is 280 g/mol. The van der Waals surface area contributed by atoms with Gasteiger partial charge in [-0.05, 0) is 33.0 Å². The summed E-state index contributed by atoms with van der Waals surface area (Å²) in [5, 5.41) is 5.69. The van der Waals surface area contributed by atoms with E-state index in [0.717, 1.165) is 23.1 Å². The second-order valence-corrected chi connectivity index (χ2v) is 5.95. The van der Waals surface area contributed by atoms with Gasteiger partial charge in [0.1, 0.15) is 5.69 Å². The van der Waals surface area contributed by atoms with Crippen molar-refractivity contribution in [2.24, 2.45) is 0 Å². The maximum absolute atomic E-state index is 5.37. The summed E-state index contributed by atoms with van der Waals surface area (Å²) in [5.74, 6) is 0.743. The molecule has 0 bridgehead atoms. The van der Waals surface area contributed by atoms with Crippen LogP contribution in [0.2, 0.25) is 0 Å². The van der Waals surface area contributed by atoms with E-state index in [1.165, 1.54) is 25.9 Å². The van der Waals surface area contributed by atoms with Gasteiger partial charge in [0.15, 0.2) is 4.96 Å². The molecule has 2 aromatic rings. The number of aromatic nitrogens is 2. The number of rotatable bonds is 4. The minimum Gasteiger partial charge on any atom is -0.480 e. The SMILES string of the molecule is COc1nc2sccn2c1CNC1CCN(C)CC1. The molecule has 0 radical (unpaired) electrons. The standard InChI is InChI=1S/C13H20N4OS/c1-16-5-3-10(4-6-16)14-9-11-12(18-2)15-13-17(11)7-8-19-13/h7-8,10,14H,3-6,9H2,1-2H3. The third-order valence-electron chi connectivity index (χ3n) is 3.79. The predicted molar refractivity (Wildman–Crippen MR) is 77.0 cm³/mol. The predicted octanol–water partition coefficient (Wildman–Crippen LogP) is 1.59. The van der Waals surface area contributed by atoms with E-state index in [-0.39, 0.29) is 0 Å². The zero-order chi connectivity index (χ0) is 13.2. The van der Waals surface area contributed by atoms with Gasteiger partial charge in [0.25, 0.3) is 0 Å². The first-order chi connectivity index (χ1) is 9.28. The van der Waals surface area contributed by atoms with Crippen molar-refractivity contribution in [3.63, 3.8) is 0 Å². The highest BCUT2D eigenvalue weighted by Crippen LogP contribution is 2.23. The molecule has 1 N–H and O–H groups in total. The van der Waals surface area contributed by atoms with Crippen LogP contribution in [0, 0.1) is 0 Å². The monoisotopic (exact) mass is 280 g/mol. The lowest BCUT2D eigenvalue weighted by molar-refractivity contribution is 0.233. The quantitative estimate of drug-likeness (QED) is 0.923. The van der Waals surface area contributed by atoms with E-state index < -0.39 is 0 Å². The molecule has 6 heteroatoms. The number of thiazole rings is 1. The Bertz CT molecular complexity index is 542. The second-order valence-electron chi connectivity index (χ2n) is 5.08. The number of likely N-dealkylation sites (tertiary alicyclic amines) is 1. The average Bonchev–Trinajstić information content (AvgIpc) is 2.99. The van der Waals surface area contributed by atoms with Crippen molar-refractivity contribution in [2.45, 2.75) is 25.4 Å². The number of ether oxygens (including phenoxy) is 1. The molecule has 0 amide bonds. The van der Waals surface area contributed by atoms with Crippen molar-refractivity contribution >= 4 is 16.3 Å². The van der Waals surface area contributed by atoms with Crippen LogP contribution in [-0.2, 0) is 6.54 Å². The van der Waals surface area contributed by atoms with Gasteiger partial charge in [0.05, 0.1) is 7.11 Å². The van der Waals surface area contributed by atoms with Gasteiger partial charge < -0.3 is 15.0 Å². The molecule has 104 valence electrons. The molecule has 5 nitrogen and oxygen atoms in total. The number of imidazole rings is 1.